The molecule has 196 valence electrons. The zero-order valence-corrected chi connectivity index (χ0v) is 23.8. The highest BCUT2D eigenvalue weighted by Crippen LogP contribution is 2.40. The molecular weight excluding hydrogens is 729 g/mol. The summed E-state index contributed by atoms with van der Waals surface area (Å²) in [4.78, 5) is 29.6. The van der Waals surface area contributed by atoms with E-state index in [0.717, 1.165) is 42.3 Å². The fourth-order valence-electron chi connectivity index (χ4n) is 4.13. The fraction of sp³-hybridized carbons (Fsp3) is 0.500. The number of aromatic nitrogens is 2. The lowest BCUT2D eigenvalue weighted by Crippen LogP contribution is -2.39. The number of fused-ring (bicyclic) bond motifs is 3. The lowest BCUT2D eigenvalue weighted by Gasteiger charge is -2.29. The molecule has 0 amide bonds. The SMILES string of the molecule is Cl.O=[N+]([O-])c1cc(I)c(OC[C@@H]2CCCN2)c(F)n1.O=[N+]([O-])c1cc(I)c2c(n1)N1CCC[C@H]1CO2. The summed E-state index contributed by atoms with van der Waals surface area (Å²) in [7, 11) is 0. The highest BCUT2D eigenvalue weighted by atomic mass is 127. The van der Waals surface area contributed by atoms with E-state index in [9.17, 15) is 24.6 Å². The standard InChI is InChI=1S/C10H11FIN3O3.C10H10IN3O3.ClH/c11-10-9(18-5-6-2-1-3-13-6)7(12)4-8(14-10)15(16)17;11-7-4-8(14(15)16)12-10-9(7)17-5-6-2-1-3-13(6)10;/h4,6,13H,1-3,5H2;4,6H,1-3,5H2;1H/t2*6-;/m00./s1. The molecule has 1 N–H and O–H groups in total. The molecule has 0 spiro atoms. The van der Waals surface area contributed by atoms with Gasteiger partial charge in [-0.25, -0.2) is 0 Å². The number of nitrogens with one attached hydrogen (secondary N) is 1. The van der Waals surface area contributed by atoms with Crippen LogP contribution >= 0.6 is 57.6 Å². The Bertz CT molecular complexity index is 1120. The van der Waals surface area contributed by atoms with Crippen LogP contribution in [0.3, 0.4) is 0 Å². The zero-order chi connectivity index (χ0) is 25.1. The van der Waals surface area contributed by atoms with Gasteiger partial charge < -0.3 is 39.9 Å². The molecule has 2 saturated heterocycles. The molecule has 0 aliphatic carbocycles. The van der Waals surface area contributed by atoms with E-state index in [1.165, 1.54) is 12.1 Å². The van der Waals surface area contributed by atoms with Crippen molar-refractivity contribution in [3.8, 4) is 11.5 Å². The van der Waals surface area contributed by atoms with E-state index < -0.39 is 21.6 Å². The average Bonchev–Trinajstić information content (AvgIpc) is 3.50. The normalized spacial score (nSPS) is 19.7. The number of anilines is 1. The molecule has 36 heavy (non-hydrogen) atoms. The van der Waals surface area contributed by atoms with Crippen LogP contribution in [-0.2, 0) is 0 Å². The van der Waals surface area contributed by atoms with Gasteiger partial charge in [-0.3, -0.25) is 0 Å². The molecule has 3 aliphatic heterocycles. The van der Waals surface area contributed by atoms with Gasteiger partial charge in [0.2, 0.25) is 11.5 Å². The monoisotopic (exact) mass is 750 g/mol. The summed E-state index contributed by atoms with van der Waals surface area (Å²) in [6.07, 6.45) is 4.22. The summed E-state index contributed by atoms with van der Waals surface area (Å²) in [6.45, 7) is 2.84. The van der Waals surface area contributed by atoms with Crippen molar-refractivity contribution in [2.75, 3.05) is 31.2 Å². The summed E-state index contributed by atoms with van der Waals surface area (Å²) < 4.78 is 25.7. The third kappa shape index (κ3) is 6.52. The van der Waals surface area contributed by atoms with Crippen molar-refractivity contribution in [3.63, 3.8) is 0 Å². The van der Waals surface area contributed by atoms with Gasteiger partial charge in [0, 0.05) is 12.6 Å². The Morgan fingerprint density at radius 2 is 1.83 bits per heavy atom. The van der Waals surface area contributed by atoms with Crippen LogP contribution in [0.15, 0.2) is 12.1 Å². The van der Waals surface area contributed by atoms with Crippen molar-refractivity contribution in [1.29, 1.82) is 0 Å². The van der Waals surface area contributed by atoms with Crippen molar-refractivity contribution in [2.24, 2.45) is 0 Å². The van der Waals surface area contributed by atoms with E-state index in [4.69, 9.17) is 9.47 Å². The number of nitrogens with zero attached hydrogens (tertiary/aromatic N) is 5. The molecule has 0 aromatic carbocycles. The molecule has 16 heteroatoms. The van der Waals surface area contributed by atoms with E-state index in [1.807, 2.05) is 0 Å². The van der Waals surface area contributed by atoms with Gasteiger partial charge in [-0.05, 0) is 97.2 Å². The van der Waals surface area contributed by atoms with Crippen molar-refractivity contribution < 1.29 is 23.7 Å². The van der Waals surface area contributed by atoms with E-state index >= 15 is 0 Å². The number of hydrogen-bond donors (Lipinski definition) is 1. The minimum atomic E-state index is -0.938. The second-order valence-corrected chi connectivity index (χ2v) is 10.4. The Balaban J connectivity index is 0.000000195. The Hall–Kier alpha value is -1.86. The molecule has 2 atom stereocenters. The molecule has 0 radical (unpaired) electrons. The van der Waals surface area contributed by atoms with Crippen LogP contribution in [0.5, 0.6) is 11.5 Å². The van der Waals surface area contributed by atoms with Crippen molar-refractivity contribution in [2.45, 2.75) is 37.8 Å². The summed E-state index contributed by atoms with van der Waals surface area (Å²) in [5, 5.41) is 24.5. The van der Waals surface area contributed by atoms with Crippen LogP contribution in [-0.4, -0.2) is 58.2 Å². The van der Waals surface area contributed by atoms with Crippen molar-refractivity contribution in [3.05, 3.63) is 45.4 Å². The average molecular weight is 751 g/mol. The fourth-order valence-corrected chi connectivity index (χ4v) is 5.46. The van der Waals surface area contributed by atoms with Crippen molar-refractivity contribution in [1.82, 2.24) is 15.3 Å². The number of halogens is 4. The Morgan fingerprint density at radius 1 is 1.14 bits per heavy atom. The smallest absolute Gasteiger partial charge is 0.368 e. The lowest BCUT2D eigenvalue weighted by molar-refractivity contribution is -0.390. The molecule has 5 rings (SSSR count). The maximum absolute atomic E-state index is 13.6. The van der Waals surface area contributed by atoms with Gasteiger partial charge in [0.05, 0.1) is 25.3 Å². The van der Waals surface area contributed by atoms with E-state index in [2.05, 4.69) is 42.8 Å². The van der Waals surface area contributed by atoms with E-state index in [0.29, 0.717) is 34.4 Å². The Morgan fingerprint density at radius 3 is 2.47 bits per heavy atom. The van der Waals surface area contributed by atoms with Crippen LogP contribution < -0.4 is 19.7 Å². The maximum Gasteiger partial charge on any atom is 0.368 e. The predicted molar refractivity (Wildman–Crippen MR) is 147 cm³/mol. The Kier molecular flexibility index (Phi) is 10.0. The molecule has 2 aromatic heterocycles. The van der Waals surface area contributed by atoms with Crippen LogP contribution in [0.1, 0.15) is 25.7 Å². The van der Waals surface area contributed by atoms with Gasteiger partial charge in [-0.1, -0.05) is 0 Å². The number of ether oxygens (including phenoxy) is 2. The highest BCUT2D eigenvalue weighted by molar-refractivity contribution is 14.1. The molecular formula is C20H22ClFI2N6O6. The van der Waals surface area contributed by atoms with Crippen LogP contribution in [0.4, 0.5) is 21.8 Å². The molecule has 0 saturated carbocycles. The summed E-state index contributed by atoms with van der Waals surface area (Å²) in [6, 6.07) is 3.18. The predicted octanol–water partition coefficient (Wildman–Crippen LogP) is 4.24. The van der Waals surface area contributed by atoms with Crippen LogP contribution in [0.25, 0.3) is 0 Å². The first-order valence-corrected chi connectivity index (χ1v) is 13.0. The minimum Gasteiger partial charge on any atom is -0.484 e. The first kappa shape index (κ1) is 28.7. The maximum atomic E-state index is 13.6. The van der Waals surface area contributed by atoms with Gasteiger partial charge in [-0.2, -0.15) is 4.39 Å². The van der Waals surface area contributed by atoms with E-state index in [-0.39, 0.29) is 30.0 Å². The topological polar surface area (TPSA) is 146 Å². The quantitative estimate of drug-likeness (QED) is 0.204. The molecule has 2 aromatic rings. The summed E-state index contributed by atoms with van der Waals surface area (Å²) in [5.74, 6) is -0.249. The molecule has 3 aliphatic rings. The second kappa shape index (κ2) is 12.6. The number of pyridine rings is 2. The van der Waals surface area contributed by atoms with Gasteiger partial charge in [0.15, 0.2) is 0 Å². The molecule has 0 bridgehead atoms. The summed E-state index contributed by atoms with van der Waals surface area (Å²) in [5.41, 5.74) is 0. The number of hydrogen-bond acceptors (Lipinski definition) is 10. The first-order chi connectivity index (χ1) is 16.7. The third-order valence-corrected chi connectivity index (χ3v) is 7.41. The highest BCUT2D eigenvalue weighted by Gasteiger charge is 2.37. The zero-order valence-electron chi connectivity index (χ0n) is 18.7. The van der Waals surface area contributed by atoms with Gasteiger partial charge in [-0.15, -0.1) is 12.4 Å². The largest absolute Gasteiger partial charge is 0.484 e. The molecule has 2 fully saturated rings. The second-order valence-electron chi connectivity index (χ2n) is 8.12. The third-order valence-electron chi connectivity index (χ3n) is 5.80. The lowest BCUT2D eigenvalue weighted by atomic mass is 10.2. The van der Waals surface area contributed by atoms with Crippen LogP contribution in [0.2, 0.25) is 0 Å². The van der Waals surface area contributed by atoms with Gasteiger partial charge >= 0.3 is 17.6 Å². The first-order valence-electron chi connectivity index (χ1n) is 10.9. The Labute approximate surface area is 238 Å². The number of rotatable bonds is 5. The van der Waals surface area contributed by atoms with Crippen LogP contribution in [0, 0.1) is 33.3 Å². The minimum absolute atomic E-state index is 0. The van der Waals surface area contributed by atoms with E-state index in [1.54, 1.807) is 22.6 Å². The number of nitro groups is 2. The molecule has 12 nitrogen and oxygen atoms in total. The van der Waals surface area contributed by atoms with Gasteiger partial charge in [0.25, 0.3) is 5.82 Å². The molecule has 0 unspecified atom stereocenters. The summed E-state index contributed by atoms with van der Waals surface area (Å²) >= 11 is 3.86. The van der Waals surface area contributed by atoms with Crippen molar-refractivity contribution >= 4 is 75.0 Å². The van der Waals surface area contributed by atoms with Gasteiger partial charge in [0.1, 0.15) is 13.2 Å². The molecule has 5 heterocycles.